The molecule has 10 heteroatoms. The molecule has 170 valence electrons. The average molecular weight is 447 g/mol. The molecule has 0 unspecified atom stereocenters. The van der Waals surface area contributed by atoms with Crippen LogP contribution in [-0.2, 0) is 17.9 Å². The van der Waals surface area contributed by atoms with Crippen LogP contribution in [0.4, 0.5) is 27.9 Å². The lowest BCUT2D eigenvalue weighted by atomic mass is 10.2. The Morgan fingerprint density at radius 3 is 2.55 bits per heavy atom. The molecule has 4 N–H and O–H groups in total. The molecule has 4 aromatic rings. The van der Waals surface area contributed by atoms with Gasteiger partial charge in [-0.05, 0) is 36.8 Å². The SMILES string of the molecule is CCn1cnc2c(Nc3ccc(NC(=O)OCc4ccccc4)cc3)nc(NCCO)nc21. The molecule has 2 heterocycles. The zero-order chi connectivity index (χ0) is 23.0. The van der Waals surface area contributed by atoms with Gasteiger partial charge >= 0.3 is 6.09 Å². The van der Waals surface area contributed by atoms with Crippen molar-refractivity contribution < 1.29 is 14.6 Å². The van der Waals surface area contributed by atoms with Gasteiger partial charge in [0.05, 0.1) is 12.9 Å². The van der Waals surface area contributed by atoms with Crippen molar-refractivity contribution >= 4 is 40.4 Å². The number of fused-ring (bicyclic) bond motifs is 1. The number of hydrogen-bond acceptors (Lipinski definition) is 8. The molecule has 10 nitrogen and oxygen atoms in total. The summed E-state index contributed by atoms with van der Waals surface area (Å²) in [6.45, 7) is 3.24. The number of aryl methyl sites for hydroxylation is 1. The first-order chi connectivity index (χ1) is 16.2. The zero-order valence-corrected chi connectivity index (χ0v) is 18.2. The van der Waals surface area contributed by atoms with E-state index in [9.17, 15) is 4.79 Å². The minimum absolute atomic E-state index is 0.0283. The Morgan fingerprint density at radius 1 is 1.06 bits per heavy atom. The van der Waals surface area contributed by atoms with Crippen LogP contribution in [-0.4, -0.2) is 43.9 Å². The first-order valence-electron chi connectivity index (χ1n) is 10.6. The van der Waals surface area contributed by atoms with Crippen LogP contribution in [0.3, 0.4) is 0 Å². The standard InChI is InChI=1S/C23H25N7O3/c1-2-30-15-25-19-20(28-22(24-12-13-31)29-21(19)30)26-17-8-10-18(11-9-17)27-23(32)33-14-16-6-4-3-5-7-16/h3-11,15,31H,2,12-14H2,1H3,(H,27,32)(H2,24,26,28,29). The largest absolute Gasteiger partial charge is 0.444 e. The molecular weight excluding hydrogens is 422 g/mol. The number of aromatic nitrogens is 4. The average Bonchev–Trinajstić information content (AvgIpc) is 3.27. The van der Waals surface area contributed by atoms with Crippen LogP contribution < -0.4 is 16.0 Å². The Kier molecular flexibility index (Phi) is 6.96. The first-order valence-corrected chi connectivity index (χ1v) is 10.6. The number of amides is 1. The fourth-order valence-corrected chi connectivity index (χ4v) is 3.16. The Morgan fingerprint density at radius 2 is 1.82 bits per heavy atom. The van der Waals surface area contributed by atoms with Crippen molar-refractivity contribution in [1.29, 1.82) is 0 Å². The second-order valence-corrected chi connectivity index (χ2v) is 7.14. The van der Waals surface area contributed by atoms with E-state index in [2.05, 4.69) is 30.9 Å². The van der Waals surface area contributed by atoms with Gasteiger partial charge in [-0.2, -0.15) is 9.97 Å². The Balaban J connectivity index is 1.44. The molecule has 0 spiro atoms. The number of anilines is 4. The minimum atomic E-state index is -0.526. The van der Waals surface area contributed by atoms with Gasteiger partial charge in [0.15, 0.2) is 17.0 Å². The first kappa shape index (κ1) is 22.0. The quantitative estimate of drug-likeness (QED) is 0.306. The van der Waals surface area contributed by atoms with E-state index in [-0.39, 0.29) is 13.2 Å². The fourth-order valence-electron chi connectivity index (χ4n) is 3.16. The fraction of sp³-hybridized carbons (Fsp3) is 0.217. The summed E-state index contributed by atoms with van der Waals surface area (Å²) in [7, 11) is 0. The lowest BCUT2D eigenvalue weighted by Gasteiger charge is -2.11. The van der Waals surface area contributed by atoms with Crippen LogP contribution in [0.15, 0.2) is 60.9 Å². The minimum Gasteiger partial charge on any atom is -0.444 e. The van der Waals surface area contributed by atoms with E-state index in [4.69, 9.17) is 9.84 Å². The van der Waals surface area contributed by atoms with Crippen molar-refractivity contribution in [3.63, 3.8) is 0 Å². The van der Waals surface area contributed by atoms with Gasteiger partial charge in [0.25, 0.3) is 0 Å². The van der Waals surface area contributed by atoms with E-state index in [1.807, 2.05) is 54.0 Å². The van der Waals surface area contributed by atoms with E-state index >= 15 is 0 Å². The van der Waals surface area contributed by atoms with Gasteiger partial charge in [0, 0.05) is 24.5 Å². The van der Waals surface area contributed by atoms with Gasteiger partial charge < -0.3 is 25.0 Å². The molecule has 0 fully saturated rings. The monoisotopic (exact) mass is 447 g/mol. The number of imidazole rings is 1. The molecule has 1 amide bonds. The number of nitrogens with zero attached hydrogens (tertiary/aromatic N) is 4. The predicted molar refractivity (Wildman–Crippen MR) is 127 cm³/mol. The number of aliphatic hydroxyl groups is 1. The number of carbonyl (C=O) groups excluding carboxylic acids is 1. The van der Waals surface area contributed by atoms with Crippen molar-refractivity contribution in [2.75, 3.05) is 29.1 Å². The van der Waals surface area contributed by atoms with Crippen LogP contribution in [0.2, 0.25) is 0 Å². The molecule has 2 aromatic carbocycles. The van der Waals surface area contributed by atoms with Gasteiger partial charge in [-0.3, -0.25) is 5.32 Å². The third-order valence-electron chi connectivity index (χ3n) is 4.81. The number of ether oxygens (including phenoxy) is 1. The van der Waals surface area contributed by atoms with Crippen molar-refractivity contribution in [2.24, 2.45) is 0 Å². The number of carbonyl (C=O) groups is 1. The molecule has 2 aromatic heterocycles. The zero-order valence-electron chi connectivity index (χ0n) is 18.2. The summed E-state index contributed by atoms with van der Waals surface area (Å²) in [5.41, 5.74) is 3.61. The third-order valence-corrected chi connectivity index (χ3v) is 4.81. The molecule has 0 aliphatic rings. The second-order valence-electron chi connectivity index (χ2n) is 7.14. The van der Waals surface area contributed by atoms with Crippen molar-refractivity contribution in [3.8, 4) is 0 Å². The van der Waals surface area contributed by atoms with Gasteiger partial charge in [0.2, 0.25) is 5.95 Å². The van der Waals surface area contributed by atoms with Gasteiger partial charge in [-0.15, -0.1) is 0 Å². The smallest absolute Gasteiger partial charge is 0.411 e. The maximum Gasteiger partial charge on any atom is 0.411 e. The van der Waals surface area contributed by atoms with Crippen LogP contribution in [0.5, 0.6) is 0 Å². The molecule has 0 saturated carbocycles. The third kappa shape index (κ3) is 5.55. The number of nitrogens with one attached hydrogen (secondary N) is 3. The summed E-state index contributed by atoms with van der Waals surface area (Å²) in [6, 6.07) is 16.7. The van der Waals surface area contributed by atoms with Gasteiger partial charge in [-0.1, -0.05) is 30.3 Å². The lowest BCUT2D eigenvalue weighted by Crippen LogP contribution is -2.13. The summed E-state index contributed by atoms with van der Waals surface area (Å²) in [5, 5.41) is 18.1. The maximum atomic E-state index is 12.1. The molecule has 0 saturated heterocycles. The number of benzene rings is 2. The number of aliphatic hydroxyl groups excluding tert-OH is 1. The van der Waals surface area contributed by atoms with Crippen LogP contribution >= 0.6 is 0 Å². The van der Waals surface area contributed by atoms with Crippen molar-refractivity contribution in [3.05, 3.63) is 66.5 Å². The molecule has 0 bridgehead atoms. The molecule has 4 rings (SSSR count). The van der Waals surface area contributed by atoms with E-state index in [0.29, 0.717) is 41.7 Å². The summed E-state index contributed by atoms with van der Waals surface area (Å²) in [5.74, 6) is 0.935. The van der Waals surface area contributed by atoms with E-state index in [1.54, 1.807) is 18.5 Å². The molecule has 0 atom stereocenters. The Labute approximate surface area is 190 Å². The van der Waals surface area contributed by atoms with Gasteiger partial charge in [0.1, 0.15) is 6.61 Å². The summed E-state index contributed by atoms with van der Waals surface area (Å²) >= 11 is 0. The van der Waals surface area contributed by atoms with Crippen LogP contribution in [0.25, 0.3) is 11.2 Å². The molecule has 33 heavy (non-hydrogen) atoms. The lowest BCUT2D eigenvalue weighted by molar-refractivity contribution is 0.155. The molecular formula is C23H25N7O3. The maximum absolute atomic E-state index is 12.1. The van der Waals surface area contributed by atoms with Gasteiger partial charge in [-0.25, -0.2) is 9.78 Å². The Hall–Kier alpha value is -4.18. The second kappa shape index (κ2) is 10.4. The van der Waals surface area contributed by atoms with E-state index in [0.717, 1.165) is 11.3 Å². The van der Waals surface area contributed by atoms with E-state index < -0.39 is 6.09 Å². The highest BCUT2D eigenvalue weighted by Crippen LogP contribution is 2.25. The van der Waals surface area contributed by atoms with Crippen LogP contribution in [0.1, 0.15) is 12.5 Å². The number of rotatable bonds is 9. The molecule has 0 aliphatic carbocycles. The van der Waals surface area contributed by atoms with Crippen LogP contribution in [0, 0.1) is 0 Å². The highest BCUT2D eigenvalue weighted by molar-refractivity contribution is 5.87. The summed E-state index contributed by atoms with van der Waals surface area (Å²) < 4.78 is 7.16. The number of hydrogen-bond donors (Lipinski definition) is 4. The molecule has 0 radical (unpaired) electrons. The summed E-state index contributed by atoms with van der Waals surface area (Å²) in [4.78, 5) is 25.5. The Bertz CT molecular complexity index is 1210. The highest BCUT2D eigenvalue weighted by atomic mass is 16.5. The summed E-state index contributed by atoms with van der Waals surface area (Å²) in [6.07, 6.45) is 1.19. The normalized spacial score (nSPS) is 10.7. The topological polar surface area (TPSA) is 126 Å². The highest BCUT2D eigenvalue weighted by Gasteiger charge is 2.13. The molecule has 0 aliphatic heterocycles. The van der Waals surface area contributed by atoms with Crippen molar-refractivity contribution in [1.82, 2.24) is 19.5 Å². The van der Waals surface area contributed by atoms with Crippen molar-refractivity contribution in [2.45, 2.75) is 20.1 Å². The predicted octanol–water partition coefficient (Wildman–Crippen LogP) is 3.74. The van der Waals surface area contributed by atoms with E-state index in [1.165, 1.54) is 0 Å².